The van der Waals surface area contributed by atoms with Crippen LogP contribution in [0.2, 0.25) is 0 Å². The van der Waals surface area contributed by atoms with Gasteiger partial charge in [0, 0.05) is 12.6 Å². The van der Waals surface area contributed by atoms with E-state index in [9.17, 15) is 8.42 Å². The van der Waals surface area contributed by atoms with Gasteiger partial charge in [0.1, 0.15) is 9.84 Å². The van der Waals surface area contributed by atoms with Crippen LogP contribution >= 0.6 is 0 Å². The fraction of sp³-hybridized carbons (Fsp3) is 1.00. The number of ether oxygens (including phenoxy) is 1. The molecule has 1 aliphatic heterocycles. The van der Waals surface area contributed by atoms with Gasteiger partial charge in [0.05, 0.1) is 17.6 Å². The van der Waals surface area contributed by atoms with Gasteiger partial charge in [-0.2, -0.15) is 0 Å². The molecule has 0 radical (unpaired) electrons. The molecule has 2 unspecified atom stereocenters. The predicted molar refractivity (Wildman–Crippen MR) is 65.1 cm³/mol. The summed E-state index contributed by atoms with van der Waals surface area (Å²) in [6.07, 6.45) is 4.64. The van der Waals surface area contributed by atoms with Crippen molar-refractivity contribution in [2.75, 3.05) is 18.1 Å². The van der Waals surface area contributed by atoms with Gasteiger partial charge in [0.2, 0.25) is 0 Å². The van der Waals surface area contributed by atoms with Gasteiger partial charge in [-0.1, -0.05) is 0 Å². The molecule has 0 aromatic carbocycles. The normalized spacial score (nSPS) is 23.5. The molecule has 0 amide bonds. The van der Waals surface area contributed by atoms with Crippen LogP contribution in [0.3, 0.4) is 0 Å². The Morgan fingerprint density at radius 2 is 2.19 bits per heavy atom. The van der Waals surface area contributed by atoms with Crippen molar-refractivity contribution < 1.29 is 13.2 Å². The molecule has 2 atom stereocenters. The first-order chi connectivity index (χ1) is 7.49. The lowest BCUT2D eigenvalue weighted by Crippen LogP contribution is -2.21. The van der Waals surface area contributed by atoms with Crippen molar-refractivity contribution in [3.05, 3.63) is 0 Å². The maximum Gasteiger partial charge on any atom is 0.150 e. The third-order valence-electron chi connectivity index (χ3n) is 2.89. The molecule has 1 heterocycles. The van der Waals surface area contributed by atoms with E-state index in [1.807, 2.05) is 6.92 Å². The Balaban J connectivity index is 2.14. The average molecular weight is 249 g/mol. The molecule has 0 bridgehead atoms. The van der Waals surface area contributed by atoms with E-state index in [4.69, 9.17) is 10.5 Å². The van der Waals surface area contributed by atoms with Gasteiger partial charge in [-0.15, -0.1) is 0 Å². The zero-order valence-electron chi connectivity index (χ0n) is 10.0. The first kappa shape index (κ1) is 13.9. The Kier molecular flexibility index (Phi) is 5.72. The van der Waals surface area contributed by atoms with Crippen LogP contribution in [0, 0.1) is 0 Å². The van der Waals surface area contributed by atoms with Crippen molar-refractivity contribution in [2.45, 2.75) is 51.2 Å². The third kappa shape index (κ3) is 5.82. The van der Waals surface area contributed by atoms with E-state index >= 15 is 0 Å². The fourth-order valence-corrected chi connectivity index (χ4v) is 3.41. The third-order valence-corrected chi connectivity index (χ3v) is 4.66. The first-order valence-electron chi connectivity index (χ1n) is 6.07. The summed E-state index contributed by atoms with van der Waals surface area (Å²) in [7, 11) is -2.90. The Bertz CT molecular complexity index is 282. The van der Waals surface area contributed by atoms with Crippen molar-refractivity contribution in [2.24, 2.45) is 5.73 Å². The van der Waals surface area contributed by atoms with Crippen LogP contribution in [0.1, 0.15) is 39.0 Å². The van der Waals surface area contributed by atoms with E-state index in [0.29, 0.717) is 18.9 Å². The van der Waals surface area contributed by atoms with Crippen LogP contribution in [-0.4, -0.2) is 38.7 Å². The van der Waals surface area contributed by atoms with Crippen LogP contribution in [0.15, 0.2) is 0 Å². The smallest absolute Gasteiger partial charge is 0.150 e. The summed E-state index contributed by atoms with van der Waals surface area (Å²) in [6, 6.07) is -0.0343. The number of nitrogens with two attached hydrogens (primary N) is 1. The minimum atomic E-state index is -2.90. The van der Waals surface area contributed by atoms with Gasteiger partial charge in [-0.05, 0) is 39.0 Å². The summed E-state index contributed by atoms with van der Waals surface area (Å²) in [6.45, 7) is 2.67. The molecule has 5 heteroatoms. The standard InChI is InChI=1S/C11H23NO3S/c1-10(12)6-9-16(13,14)8-3-5-11-4-2-7-15-11/h10-11H,2-9,12H2,1H3. The lowest BCUT2D eigenvalue weighted by atomic mass is 10.1. The minimum absolute atomic E-state index is 0.0343. The van der Waals surface area contributed by atoms with E-state index in [-0.39, 0.29) is 17.5 Å². The number of sulfone groups is 1. The molecule has 1 aliphatic rings. The summed E-state index contributed by atoms with van der Waals surface area (Å²) in [4.78, 5) is 0. The number of hydrogen-bond acceptors (Lipinski definition) is 4. The second kappa shape index (κ2) is 6.57. The second-order valence-electron chi connectivity index (χ2n) is 4.70. The van der Waals surface area contributed by atoms with Crippen molar-refractivity contribution in [3.8, 4) is 0 Å². The summed E-state index contributed by atoms with van der Waals surface area (Å²) >= 11 is 0. The van der Waals surface area contributed by atoms with E-state index in [0.717, 1.165) is 25.9 Å². The highest BCUT2D eigenvalue weighted by molar-refractivity contribution is 7.91. The van der Waals surface area contributed by atoms with Crippen molar-refractivity contribution in [1.82, 2.24) is 0 Å². The molecule has 1 fully saturated rings. The van der Waals surface area contributed by atoms with Crippen molar-refractivity contribution in [3.63, 3.8) is 0 Å². The maximum atomic E-state index is 11.6. The van der Waals surface area contributed by atoms with Crippen LogP contribution in [0.5, 0.6) is 0 Å². The molecule has 96 valence electrons. The maximum absolute atomic E-state index is 11.6. The van der Waals surface area contributed by atoms with E-state index < -0.39 is 9.84 Å². The lowest BCUT2D eigenvalue weighted by Gasteiger charge is -2.09. The Morgan fingerprint density at radius 3 is 2.75 bits per heavy atom. The summed E-state index contributed by atoms with van der Waals surface area (Å²) in [5.74, 6) is 0.496. The zero-order valence-corrected chi connectivity index (χ0v) is 10.8. The molecular formula is C11H23NO3S. The number of rotatable bonds is 7. The molecule has 4 nitrogen and oxygen atoms in total. The summed E-state index contributed by atoms with van der Waals surface area (Å²) in [5, 5.41) is 0. The predicted octanol–water partition coefficient (Wildman–Crippen LogP) is 1.10. The minimum Gasteiger partial charge on any atom is -0.378 e. The first-order valence-corrected chi connectivity index (χ1v) is 7.89. The highest BCUT2D eigenvalue weighted by atomic mass is 32.2. The summed E-state index contributed by atoms with van der Waals surface area (Å²) < 4.78 is 28.7. The molecular weight excluding hydrogens is 226 g/mol. The Morgan fingerprint density at radius 1 is 1.44 bits per heavy atom. The van der Waals surface area contributed by atoms with Gasteiger partial charge in [-0.3, -0.25) is 0 Å². The molecule has 0 aliphatic carbocycles. The van der Waals surface area contributed by atoms with Gasteiger partial charge in [0.15, 0.2) is 0 Å². The van der Waals surface area contributed by atoms with Gasteiger partial charge >= 0.3 is 0 Å². The van der Waals surface area contributed by atoms with E-state index in [2.05, 4.69) is 0 Å². The fourth-order valence-electron chi connectivity index (χ4n) is 1.87. The Labute approximate surface area is 98.5 Å². The largest absolute Gasteiger partial charge is 0.378 e. The van der Waals surface area contributed by atoms with E-state index in [1.165, 1.54) is 0 Å². The molecule has 0 saturated carbocycles. The topological polar surface area (TPSA) is 69.4 Å². The molecule has 16 heavy (non-hydrogen) atoms. The monoisotopic (exact) mass is 249 g/mol. The molecule has 0 spiro atoms. The van der Waals surface area contributed by atoms with Gasteiger partial charge in [-0.25, -0.2) is 8.42 Å². The van der Waals surface area contributed by atoms with Gasteiger partial charge < -0.3 is 10.5 Å². The van der Waals surface area contributed by atoms with Gasteiger partial charge in [0.25, 0.3) is 0 Å². The van der Waals surface area contributed by atoms with E-state index in [1.54, 1.807) is 0 Å². The second-order valence-corrected chi connectivity index (χ2v) is 7.00. The molecule has 0 aromatic rings. The van der Waals surface area contributed by atoms with Crippen molar-refractivity contribution in [1.29, 1.82) is 0 Å². The molecule has 2 N–H and O–H groups in total. The Hall–Kier alpha value is -0.130. The van der Waals surface area contributed by atoms with Crippen LogP contribution in [0.4, 0.5) is 0 Å². The van der Waals surface area contributed by atoms with Crippen LogP contribution < -0.4 is 5.73 Å². The van der Waals surface area contributed by atoms with Crippen LogP contribution in [-0.2, 0) is 14.6 Å². The zero-order chi connectivity index (χ0) is 12.0. The van der Waals surface area contributed by atoms with Crippen molar-refractivity contribution >= 4 is 9.84 Å². The van der Waals surface area contributed by atoms with Crippen LogP contribution in [0.25, 0.3) is 0 Å². The summed E-state index contributed by atoms with van der Waals surface area (Å²) in [5.41, 5.74) is 5.54. The quantitative estimate of drug-likeness (QED) is 0.733. The lowest BCUT2D eigenvalue weighted by molar-refractivity contribution is 0.104. The average Bonchev–Trinajstić information content (AvgIpc) is 2.68. The SMILES string of the molecule is CC(N)CCS(=O)(=O)CCCC1CCCO1. The molecule has 1 saturated heterocycles. The molecule has 1 rings (SSSR count). The molecule has 0 aromatic heterocycles. The highest BCUT2D eigenvalue weighted by Gasteiger charge is 2.17. The number of hydrogen-bond donors (Lipinski definition) is 1. The highest BCUT2D eigenvalue weighted by Crippen LogP contribution is 2.17.